The van der Waals surface area contributed by atoms with Gasteiger partial charge in [-0.1, -0.05) is 0 Å². The van der Waals surface area contributed by atoms with Gasteiger partial charge in [0.15, 0.2) is 0 Å². The molecule has 2 aliphatic rings. The SMILES string of the molecule is CN(CCC1CCOCC1)c1nccc(N2CCC(O)C2)n1. The zero-order valence-electron chi connectivity index (χ0n) is 13.3. The van der Waals surface area contributed by atoms with E-state index in [1.807, 2.05) is 12.3 Å². The van der Waals surface area contributed by atoms with Crippen LogP contribution in [0, 0.1) is 5.92 Å². The summed E-state index contributed by atoms with van der Waals surface area (Å²) in [6.45, 7) is 4.30. The highest BCUT2D eigenvalue weighted by molar-refractivity contribution is 5.44. The fraction of sp³-hybridized carbons (Fsp3) is 0.750. The Labute approximate surface area is 132 Å². The van der Waals surface area contributed by atoms with Crippen molar-refractivity contribution in [1.29, 1.82) is 0 Å². The lowest BCUT2D eigenvalue weighted by atomic mass is 9.96. The molecule has 6 nitrogen and oxygen atoms in total. The van der Waals surface area contributed by atoms with Gasteiger partial charge in [-0.25, -0.2) is 4.98 Å². The van der Waals surface area contributed by atoms with Gasteiger partial charge in [-0.2, -0.15) is 4.98 Å². The van der Waals surface area contributed by atoms with E-state index in [4.69, 9.17) is 4.74 Å². The second-order valence-corrected chi connectivity index (χ2v) is 6.37. The van der Waals surface area contributed by atoms with Crippen LogP contribution in [0.3, 0.4) is 0 Å². The van der Waals surface area contributed by atoms with Crippen LogP contribution in [0.25, 0.3) is 0 Å². The topological polar surface area (TPSA) is 61.7 Å². The summed E-state index contributed by atoms with van der Waals surface area (Å²) in [4.78, 5) is 13.3. The highest BCUT2D eigenvalue weighted by atomic mass is 16.5. The molecule has 3 heterocycles. The van der Waals surface area contributed by atoms with Crippen LogP contribution in [-0.4, -0.2) is 61.1 Å². The Balaban J connectivity index is 1.56. The Morgan fingerprint density at radius 2 is 2.18 bits per heavy atom. The molecule has 1 N–H and O–H groups in total. The average Bonchev–Trinajstić information content (AvgIpc) is 3.00. The normalized spacial score (nSPS) is 23.0. The van der Waals surface area contributed by atoms with Gasteiger partial charge in [-0.3, -0.25) is 0 Å². The van der Waals surface area contributed by atoms with Crippen molar-refractivity contribution in [3.05, 3.63) is 12.3 Å². The summed E-state index contributed by atoms with van der Waals surface area (Å²) in [7, 11) is 2.05. The molecule has 3 rings (SSSR count). The van der Waals surface area contributed by atoms with Gasteiger partial charge >= 0.3 is 0 Å². The molecule has 0 amide bonds. The van der Waals surface area contributed by atoms with Crippen LogP contribution >= 0.6 is 0 Å². The molecule has 2 aliphatic heterocycles. The molecule has 0 aromatic carbocycles. The first kappa shape index (κ1) is 15.5. The van der Waals surface area contributed by atoms with E-state index in [1.54, 1.807) is 0 Å². The first-order valence-corrected chi connectivity index (χ1v) is 8.27. The molecule has 122 valence electrons. The number of aliphatic hydroxyl groups excluding tert-OH is 1. The first-order chi connectivity index (χ1) is 10.7. The minimum Gasteiger partial charge on any atom is -0.391 e. The number of anilines is 2. The molecule has 22 heavy (non-hydrogen) atoms. The molecule has 1 atom stereocenters. The summed E-state index contributed by atoms with van der Waals surface area (Å²) >= 11 is 0. The number of aliphatic hydroxyl groups is 1. The maximum Gasteiger partial charge on any atom is 0.226 e. The number of rotatable bonds is 5. The van der Waals surface area contributed by atoms with E-state index in [1.165, 1.54) is 12.8 Å². The third-order valence-corrected chi connectivity index (χ3v) is 4.67. The van der Waals surface area contributed by atoms with Gasteiger partial charge in [0, 0.05) is 46.1 Å². The predicted molar refractivity (Wildman–Crippen MR) is 86.3 cm³/mol. The van der Waals surface area contributed by atoms with E-state index in [9.17, 15) is 5.11 Å². The van der Waals surface area contributed by atoms with Gasteiger partial charge in [0.25, 0.3) is 0 Å². The van der Waals surface area contributed by atoms with Gasteiger partial charge in [0.2, 0.25) is 5.95 Å². The van der Waals surface area contributed by atoms with E-state index < -0.39 is 0 Å². The van der Waals surface area contributed by atoms with Crippen molar-refractivity contribution in [3.63, 3.8) is 0 Å². The summed E-state index contributed by atoms with van der Waals surface area (Å²) in [5, 5.41) is 9.66. The first-order valence-electron chi connectivity index (χ1n) is 8.27. The van der Waals surface area contributed by atoms with Crippen molar-refractivity contribution in [2.24, 2.45) is 5.92 Å². The van der Waals surface area contributed by atoms with Gasteiger partial charge < -0.3 is 19.6 Å². The number of β-amino-alcohol motifs (C(OH)–C–C–N with tert-alkyl or cyclic N) is 1. The maximum atomic E-state index is 9.66. The van der Waals surface area contributed by atoms with E-state index >= 15 is 0 Å². The Morgan fingerprint density at radius 3 is 2.91 bits per heavy atom. The van der Waals surface area contributed by atoms with Crippen LogP contribution in [0.15, 0.2) is 12.3 Å². The van der Waals surface area contributed by atoms with E-state index in [2.05, 4.69) is 26.8 Å². The molecule has 0 radical (unpaired) electrons. The van der Waals surface area contributed by atoms with Gasteiger partial charge in [-0.05, 0) is 37.7 Å². The number of ether oxygens (including phenoxy) is 1. The molecule has 0 bridgehead atoms. The monoisotopic (exact) mass is 306 g/mol. The molecular formula is C16H26N4O2. The van der Waals surface area contributed by atoms with Crippen molar-refractivity contribution in [1.82, 2.24) is 9.97 Å². The van der Waals surface area contributed by atoms with Crippen LogP contribution in [0.4, 0.5) is 11.8 Å². The zero-order chi connectivity index (χ0) is 15.4. The summed E-state index contributed by atoms with van der Waals surface area (Å²) in [6.07, 6.45) is 5.90. The van der Waals surface area contributed by atoms with E-state index in [0.29, 0.717) is 6.54 Å². The average molecular weight is 306 g/mol. The van der Waals surface area contributed by atoms with Crippen LogP contribution in [0.5, 0.6) is 0 Å². The Kier molecular flexibility index (Phi) is 5.10. The standard InChI is InChI=1S/C16H26N4O2/c1-19(8-3-13-5-10-22-11-6-13)16-17-7-2-15(18-16)20-9-4-14(21)12-20/h2,7,13-14,21H,3-6,8-12H2,1H3. The molecular weight excluding hydrogens is 280 g/mol. The van der Waals surface area contributed by atoms with Crippen LogP contribution in [0.1, 0.15) is 25.7 Å². The van der Waals surface area contributed by atoms with E-state index in [-0.39, 0.29) is 6.10 Å². The smallest absolute Gasteiger partial charge is 0.226 e. The minimum absolute atomic E-state index is 0.232. The third-order valence-electron chi connectivity index (χ3n) is 4.67. The Hall–Kier alpha value is -1.40. The summed E-state index contributed by atoms with van der Waals surface area (Å²) in [5.41, 5.74) is 0. The molecule has 1 unspecified atom stereocenters. The largest absolute Gasteiger partial charge is 0.391 e. The van der Waals surface area contributed by atoms with Gasteiger partial charge in [0.1, 0.15) is 5.82 Å². The number of hydrogen-bond acceptors (Lipinski definition) is 6. The quantitative estimate of drug-likeness (QED) is 0.885. The second-order valence-electron chi connectivity index (χ2n) is 6.37. The summed E-state index contributed by atoms with van der Waals surface area (Å²) in [6, 6.07) is 1.92. The molecule has 0 saturated carbocycles. The minimum atomic E-state index is -0.232. The fourth-order valence-corrected chi connectivity index (χ4v) is 3.16. The van der Waals surface area contributed by atoms with Crippen molar-refractivity contribution in [2.45, 2.75) is 31.8 Å². The molecule has 0 aliphatic carbocycles. The Bertz CT molecular complexity index is 479. The Morgan fingerprint density at radius 1 is 1.36 bits per heavy atom. The van der Waals surface area contributed by atoms with Gasteiger partial charge in [-0.15, -0.1) is 0 Å². The van der Waals surface area contributed by atoms with Crippen molar-refractivity contribution in [2.75, 3.05) is 49.7 Å². The van der Waals surface area contributed by atoms with Crippen LogP contribution < -0.4 is 9.80 Å². The van der Waals surface area contributed by atoms with E-state index in [0.717, 1.165) is 56.8 Å². The predicted octanol–water partition coefficient (Wildman–Crippen LogP) is 1.30. The molecule has 2 fully saturated rings. The van der Waals surface area contributed by atoms with Crippen LogP contribution in [0.2, 0.25) is 0 Å². The van der Waals surface area contributed by atoms with Crippen LogP contribution in [-0.2, 0) is 4.74 Å². The number of hydrogen-bond donors (Lipinski definition) is 1. The highest BCUT2D eigenvalue weighted by Gasteiger charge is 2.22. The molecule has 1 aromatic heterocycles. The second kappa shape index (κ2) is 7.24. The molecule has 2 saturated heterocycles. The lowest BCUT2D eigenvalue weighted by Crippen LogP contribution is -2.27. The van der Waals surface area contributed by atoms with Crippen molar-refractivity contribution >= 4 is 11.8 Å². The summed E-state index contributed by atoms with van der Waals surface area (Å²) < 4.78 is 5.41. The zero-order valence-corrected chi connectivity index (χ0v) is 13.3. The van der Waals surface area contributed by atoms with Crippen molar-refractivity contribution < 1.29 is 9.84 Å². The van der Waals surface area contributed by atoms with Crippen molar-refractivity contribution in [3.8, 4) is 0 Å². The maximum absolute atomic E-state index is 9.66. The molecule has 1 aromatic rings. The third kappa shape index (κ3) is 3.87. The lowest BCUT2D eigenvalue weighted by Gasteiger charge is -2.25. The lowest BCUT2D eigenvalue weighted by molar-refractivity contribution is 0.0645. The number of aromatic nitrogens is 2. The van der Waals surface area contributed by atoms with Gasteiger partial charge in [0.05, 0.1) is 6.10 Å². The highest BCUT2D eigenvalue weighted by Crippen LogP contribution is 2.22. The fourth-order valence-electron chi connectivity index (χ4n) is 3.16. The molecule has 0 spiro atoms. The number of nitrogens with zero attached hydrogens (tertiary/aromatic N) is 4. The summed E-state index contributed by atoms with van der Waals surface area (Å²) in [5.74, 6) is 2.44. The molecule has 6 heteroatoms.